The van der Waals surface area contributed by atoms with Crippen molar-refractivity contribution in [3.05, 3.63) is 83.9 Å². The molecule has 0 spiro atoms. The van der Waals surface area contributed by atoms with E-state index >= 15 is 0 Å². The highest BCUT2D eigenvalue weighted by atomic mass is 16.6. The Balaban J connectivity index is 1.55. The third-order valence-corrected chi connectivity index (χ3v) is 4.31. The van der Waals surface area contributed by atoms with Gasteiger partial charge >= 0.3 is 5.97 Å². The molecule has 3 aromatic carbocycles. The molecule has 0 bridgehead atoms. The van der Waals surface area contributed by atoms with Gasteiger partial charge in [-0.15, -0.1) is 0 Å². The highest BCUT2D eigenvalue weighted by Crippen LogP contribution is 2.28. The Morgan fingerprint density at radius 2 is 1.58 bits per heavy atom. The van der Waals surface area contributed by atoms with E-state index in [9.17, 15) is 9.59 Å². The van der Waals surface area contributed by atoms with Crippen LogP contribution in [-0.2, 0) is 4.79 Å². The molecule has 0 fully saturated rings. The van der Waals surface area contributed by atoms with E-state index in [1.165, 1.54) is 13.3 Å². The molecule has 0 unspecified atom stereocenters. The fourth-order valence-electron chi connectivity index (χ4n) is 2.78. The maximum atomic E-state index is 12.3. The lowest BCUT2D eigenvalue weighted by Gasteiger charge is -2.11. The molecule has 0 radical (unpaired) electrons. The Hall–Kier alpha value is -4.33. The minimum absolute atomic E-state index is 0.223. The van der Waals surface area contributed by atoms with E-state index in [1.54, 1.807) is 60.7 Å². The molecular weight excluding hydrogens is 424 g/mol. The van der Waals surface area contributed by atoms with Crippen LogP contribution in [0.25, 0.3) is 0 Å². The molecule has 1 N–H and O–H groups in total. The summed E-state index contributed by atoms with van der Waals surface area (Å²) >= 11 is 0. The minimum atomic E-state index is -0.492. The summed E-state index contributed by atoms with van der Waals surface area (Å²) in [4.78, 5) is 24.3. The predicted octanol–water partition coefficient (Wildman–Crippen LogP) is 3.84. The molecule has 8 heteroatoms. The molecule has 8 nitrogen and oxygen atoms in total. The molecule has 3 rings (SSSR count). The van der Waals surface area contributed by atoms with Gasteiger partial charge in [-0.3, -0.25) is 4.79 Å². The maximum Gasteiger partial charge on any atom is 0.343 e. The number of benzene rings is 3. The van der Waals surface area contributed by atoms with Crippen molar-refractivity contribution in [1.82, 2.24) is 5.43 Å². The number of nitrogens with zero attached hydrogens (tertiary/aromatic N) is 1. The van der Waals surface area contributed by atoms with Gasteiger partial charge in [-0.2, -0.15) is 5.10 Å². The van der Waals surface area contributed by atoms with E-state index in [-0.39, 0.29) is 12.4 Å². The fourth-order valence-corrected chi connectivity index (χ4v) is 2.78. The Bertz CT molecular complexity index is 1110. The second-order valence-electron chi connectivity index (χ2n) is 6.63. The quantitative estimate of drug-likeness (QED) is 0.219. The third-order valence-electron chi connectivity index (χ3n) is 4.31. The van der Waals surface area contributed by atoms with Gasteiger partial charge in [-0.1, -0.05) is 30.3 Å². The van der Waals surface area contributed by atoms with E-state index in [0.29, 0.717) is 35.0 Å². The molecule has 0 aliphatic heterocycles. The zero-order chi connectivity index (χ0) is 23.5. The van der Waals surface area contributed by atoms with E-state index < -0.39 is 11.9 Å². The van der Waals surface area contributed by atoms with Gasteiger partial charge in [0.15, 0.2) is 29.6 Å². The molecule has 3 aromatic rings. The van der Waals surface area contributed by atoms with Crippen molar-refractivity contribution >= 4 is 18.1 Å². The standard InChI is InChI=1S/C25H24N2O6/c1-3-31-20-11-7-8-12-21(20)32-17-24(28)27-26-16-18-13-14-22(23(15-18)30-2)33-25(29)19-9-5-4-6-10-19/h4-16H,3,17H2,1-2H3,(H,27,28). The summed E-state index contributed by atoms with van der Waals surface area (Å²) in [6, 6.07) is 20.7. The molecule has 170 valence electrons. The van der Waals surface area contributed by atoms with Gasteiger partial charge in [-0.25, -0.2) is 10.2 Å². The lowest BCUT2D eigenvalue weighted by molar-refractivity contribution is -0.123. The van der Waals surface area contributed by atoms with Crippen LogP contribution in [0.3, 0.4) is 0 Å². The SMILES string of the molecule is CCOc1ccccc1OCC(=O)NN=Cc1ccc(OC(=O)c2ccccc2)c(OC)c1. The summed E-state index contributed by atoms with van der Waals surface area (Å²) in [7, 11) is 1.47. The van der Waals surface area contributed by atoms with Gasteiger partial charge in [0, 0.05) is 0 Å². The second kappa shape index (κ2) is 11.9. The van der Waals surface area contributed by atoms with Crippen LogP contribution in [0.4, 0.5) is 0 Å². The number of nitrogens with one attached hydrogen (secondary N) is 1. The third kappa shape index (κ3) is 6.83. The molecule has 0 saturated heterocycles. The molecule has 1 amide bonds. The van der Waals surface area contributed by atoms with Crippen molar-refractivity contribution in [3.8, 4) is 23.0 Å². The van der Waals surface area contributed by atoms with Crippen molar-refractivity contribution < 1.29 is 28.5 Å². The second-order valence-corrected chi connectivity index (χ2v) is 6.63. The first kappa shape index (κ1) is 23.3. The van der Waals surface area contributed by atoms with E-state index in [4.69, 9.17) is 18.9 Å². The van der Waals surface area contributed by atoms with E-state index in [1.807, 2.05) is 19.1 Å². The fraction of sp³-hybridized carbons (Fsp3) is 0.160. The summed E-state index contributed by atoms with van der Waals surface area (Å²) in [5, 5.41) is 3.93. The average molecular weight is 448 g/mol. The Kier molecular flexibility index (Phi) is 8.41. The van der Waals surface area contributed by atoms with Crippen LogP contribution >= 0.6 is 0 Å². The van der Waals surface area contributed by atoms with Crippen molar-refractivity contribution in [1.29, 1.82) is 0 Å². The van der Waals surface area contributed by atoms with E-state index in [2.05, 4.69) is 10.5 Å². The van der Waals surface area contributed by atoms with Gasteiger partial charge in [0.2, 0.25) is 0 Å². The summed E-state index contributed by atoms with van der Waals surface area (Å²) in [5.41, 5.74) is 3.46. The van der Waals surface area contributed by atoms with Gasteiger partial charge in [-0.05, 0) is 55.0 Å². The Morgan fingerprint density at radius 3 is 2.27 bits per heavy atom. The lowest BCUT2D eigenvalue weighted by atomic mass is 10.2. The smallest absolute Gasteiger partial charge is 0.343 e. The van der Waals surface area contributed by atoms with Crippen LogP contribution in [0.15, 0.2) is 77.9 Å². The Labute approximate surface area is 191 Å². The van der Waals surface area contributed by atoms with Crippen LogP contribution in [0.1, 0.15) is 22.8 Å². The van der Waals surface area contributed by atoms with Crippen molar-refractivity contribution in [2.45, 2.75) is 6.92 Å². The van der Waals surface area contributed by atoms with Gasteiger partial charge in [0.1, 0.15) is 0 Å². The molecule has 0 aliphatic rings. The topological polar surface area (TPSA) is 95.5 Å². The number of esters is 1. The largest absolute Gasteiger partial charge is 0.493 e. The number of para-hydroxylation sites is 2. The van der Waals surface area contributed by atoms with Gasteiger partial charge in [0.25, 0.3) is 5.91 Å². The first-order valence-electron chi connectivity index (χ1n) is 10.2. The monoisotopic (exact) mass is 448 g/mol. The average Bonchev–Trinajstić information content (AvgIpc) is 2.85. The molecular formula is C25H24N2O6. The highest BCUT2D eigenvalue weighted by molar-refractivity contribution is 5.91. The first-order valence-corrected chi connectivity index (χ1v) is 10.2. The van der Waals surface area contributed by atoms with E-state index in [0.717, 1.165) is 0 Å². The van der Waals surface area contributed by atoms with Gasteiger partial charge < -0.3 is 18.9 Å². The summed E-state index contributed by atoms with van der Waals surface area (Å²) in [5.74, 6) is 0.742. The zero-order valence-electron chi connectivity index (χ0n) is 18.3. The predicted molar refractivity (Wildman–Crippen MR) is 123 cm³/mol. The molecule has 0 aliphatic carbocycles. The molecule has 33 heavy (non-hydrogen) atoms. The molecule has 0 saturated carbocycles. The lowest BCUT2D eigenvalue weighted by Crippen LogP contribution is -2.24. The van der Waals surface area contributed by atoms with Crippen LogP contribution in [-0.4, -0.2) is 38.4 Å². The number of carbonyl (C=O) groups is 2. The minimum Gasteiger partial charge on any atom is -0.493 e. The van der Waals surface area contributed by atoms with Crippen LogP contribution < -0.4 is 24.4 Å². The summed E-state index contributed by atoms with van der Waals surface area (Å²) in [6.07, 6.45) is 1.44. The molecule has 0 aromatic heterocycles. The summed E-state index contributed by atoms with van der Waals surface area (Å²) in [6.45, 7) is 2.14. The number of amides is 1. The zero-order valence-corrected chi connectivity index (χ0v) is 18.3. The van der Waals surface area contributed by atoms with Crippen molar-refractivity contribution in [2.24, 2.45) is 5.10 Å². The van der Waals surface area contributed by atoms with Crippen LogP contribution in [0.2, 0.25) is 0 Å². The van der Waals surface area contributed by atoms with Crippen LogP contribution in [0, 0.1) is 0 Å². The highest BCUT2D eigenvalue weighted by Gasteiger charge is 2.12. The number of hydrazone groups is 1. The van der Waals surface area contributed by atoms with Crippen molar-refractivity contribution in [3.63, 3.8) is 0 Å². The molecule has 0 atom stereocenters. The number of hydrogen-bond acceptors (Lipinski definition) is 7. The number of hydrogen-bond donors (Lipinski definition) is 1. The molecule has 0 heterocycles. The number of ether oxygens (including phenoxy) is 4. The van der Waals surface area contributed by atoms with Crippen molar-refractivity contribution in [2.75, 3.05) is 20.3 Å². The maximum absolute atomic E-state index is 12.3. The number of rotatable bonds is 10. The number of methoxy groups -OCH3 is 1. The number of carbonyl (C=O) groups excluding carboxylic acids is 2. The summed E-state index contributed by atoms with van der Waals surface area (Å²) < 4.78 is 21.7. The van der Waals surface area contributed by atoms with Gasteiger partial charge in [0.05, 0.1) is 25.5 Å². The first-order chi connectivity index (χ1) is 16.1. The van der Waals surface area contributed by atoms with Crippen LogP contribution in [0.5, 0.6) is 23.0 Å². The Morgan fingerprint density at radius 1 is 0.879 bits per heavy atom. The normalized spacial score (nSPS) is 10.5.